The monoisotopic (exact) mass is 423 g/mol. The number of nitrogens with zero attached hydrogens (tertiary/aromatic N) is 5. The van der Waals surface area contributed by atoms with Gasteiger partial charge in [0.05, 0.1) is 6.33 Å². The van der Waals surface area contributed by atoms with E-state index in [1.165, 1.54) is 11.1 Å². The van der Waals surface area contributed by atoms with E-state index >= 15 is 0 Å². The van der Waals surface area contributed by atoms with Gasteiger partial charge in [-0.15, -0.1) is 0 Å². The second-order valence-corrected chi connectivity index (χ2v) is 9.44. The van der Waals surface area contributed by atoms with Crippen molar-refractivity contribution in [1.29, 1.82) is 0 Å². The molecule has 2 unspecified atom stereocenters. The first-order valence-electron chi connectivity index (χ1n) is 11.0. The van der Waals surface area contributed by atoms with Crippen molar-refractivity contribution in [1.82, 2.24) is 19.5 Å². The molecule has 3 aromatic rings. The molecular weight excluding hydrogens is 390 g/mol. The number of hydrogen-bond donors (Lipinski definition) is 1. The van der Waals surface area contributed by atoms with E-state index in [2.05, 4.69) is 71.9 Å². The van der Waals surface area contributed by atoms with Gasteiger partial charge in [0.15, 0.2) is 17.0 Å². The number of aliphatic hydroxyl groups excluding tert-OH is 1. The molecule has 0 aliphatic carbocycles. The molecule has 7 heteroatoms. The molecule has 0 spiro atoms. The van der Waals surface area contributed by atoms with Crippen LogP contribution in [0.25, 0.3) is 11.2 Å². The van der Waals surface area contributed by atoms with Crippen molar-refractivity contribution in [2.45, 2.75) is 39.2 Å². The zero-order valence-electron chi connectivity index (χ0n) is 19.0. The van der Waals surface area contributed by atoms with E-state index in [4.69, 9.17) is 4.74 Å². The third-order valence-electron chi connectivity index (χ3n) is 6.51. The molecule has 2 atom stereocenters. The largest absolute Gasteiger partial charge is 0.396 e. The fourth-order valence-electron chi connectivity index (χ4n) is 4.58. The first-order valence-corrected chi connectivity index (χ1v) is 11.0. The van der Waals surface area contributed by atoms with Gasteiger partial charge >= 0.3 is 0 Å². The standard InChI is InChI=1S/C24H33N5O2/c1-17-5-7-20(8-6-17)24(2,3)14-28(4)22-21-23(26-15-25-22)29(16-27-21)11-19(12-30)18-9-10-31-13-18/h5-8,15-16,18-19,30H,9-14H2,1-4H3. The third kappa shape index (κ3) is 4.57. The summed E-state index contributed by atoms with van der Waals surface area (Å²) in [6.45, 7) is 9.72. The van der Waals surface area contributed by atoms with Gasteiger partial charge < -0.3 is 19.3 Å². The topological polar surface area (TPSA) is 76.3 Å². The van der Waals surface area contributed by atoms with E-state index in [0.717, 1.165) is 43.2 Å². The van der Waals surface area contributed by atoms with Gasteiger partial charge in [0.1, 0.15) is 6.33 Å². The molecule has 7 nitrogen and oxygen atoms in total. The highest BCUT2D eigenvalue weighted by molar-refractivity contribution is 5.83. The van der Waals surface area contributed by atoms with Crippen LogP contribution in [0, 0.1) is 18.8 Å². The summed E-state index contributed by atoms with van der Waals surface area (Å²) in [7, 11) is 2.06. The summed E-state index contributed by atoms with van der Waals surface area (Å²) in [5.41, 5.74) is 4.12. The van der Waals surface area contributed by atoms with Crippen LogP contribution in [0.1, 0.15) is 31.4 Å². The lowest BCUT2D eigenvalue weighted by atomic mass is 9.84. The molecule has 1 aliphatic rings. The number of hydrogen-bond acceptors (Lipinski definition) is 6. The SMILES string of the molecule is Cc1ccc(C(C)(C)CN(C)c2ncnc3c2ncn3CC(CO)C2CCOC2)cc1. The van der Waals surface area contributed by atoms with Gasteiger partial charge in [-0.25, -0.2) is 15.0 Å². The van der Waals surface area contributed by atoms with E-state index in [-0.39, 0.29) is 17.9 Å². The number of fused-ring (bicyclic) bond motifs is 1. The van der Waals surface area contributed by atoms with Crippen LogP contribution in [0.15, 0.2) is 36.9 Å². The Balaban J connectivity index is 1.56. The molecule has 0 bridgehead atoms. The number of likely N-dealkylation sites (N-methyl/N-ethyl adjacent to an activating group) is 1. The Morgan fingerprint density at radius 1 is 1.23 bits per heavy atom. The fourth-order valence-corrected chi connectivity index (χ4v) is 4.58. The molecule has 3 heterocycles. The lowest BCUT2D eigenvalue weighted by Crippen LogP contribution is -2.35. The quantitative estimate of drug-likeness (QED) is 0.600. The zero-order valence-corrected chi connectivity index (χ0v) is 19.0. The Labute approximate surface area is 184 Å². The van der Waals surface area contributed by atoms with Gasteiger partial charge in [-0.05, 0) is 24.8 Å². The van der Waals surface area contributed by atoms with E-state index in [1.807, 2.05) is 10.9 Å². The van der Waals surface area contributed by atoms with Gasteiger partial charge in [0.25, 0.3) is 0 Å². The predicted molar refractivity (Wildman–Crippen MR) is 122 cm³/mol. The van der Waals surface area contributed by atoms with Gasteiger partial charge in [-0.3, -0.25) is 0 Å². The van der Waals surface area contributed by atoms with Crippen molar-refractivity contribution in [3.63, 3.8) is 0 Å². The Bertz CT molecular complexity index is 1010. The number of aliphatic hydroxyl groups is 1. The Hall–Kier alpha value is -2.51. The lowest BCUT2D eigenvalue weighted by molar-refractivity contribution is 0.130. The minimum Gasteiger partial charge on any atom is -0.396 e. The second kappa shape index (κ2) is 8.93. The van der Waals surface area contributed by atoms with E-state index in [9.17, 15) is 5.11 Å². The summed E-state index contributed by atoms with van der Waals surface area (Å²) < 4.78 is 7.56. The van der Waals surface area contributed by atoms with Crippen molar-refractivity contribution >= 4 is 17.0 Å². The fraction of sp³-hybridized carbons (Fsp3) is 0.542. The maximum Gasteiger partial charge on any atom is 0.165 e. The van der Waals surface area contributed by atoms with Crippen molar-refractivity contribution < 1.29 is 9.84 Å². The van der Waals surface area contributed by atoms with Crippen LogP contribution < -0.4 is 4.90 Å². The Kier molecular flexibility index (Phi) is 6.25. The van der Waals surface area contributed by atoms with Gasteiger partial charge in [0.2, 0.25) is 0 Å². The van der Waals surface area contributed by atoms with Crippen molar-refractivity contribution in [2.75, 3.05) is 38.3 Å². The number of aryl methyl sites for hydroxylation is 1. The smallest absolute Gasteiger partial charge is 0.165 e. The molecule has 1 aliphatic heterocycles. The summed E-state index contributed by atoms with van der Waals surface area (Å²) in [4.78, 5) is 15.9. The number of rotatable bonds is 8. The molecule has 2 aromatic heterocycles. The first kappa shape index (κ1) is 21.7. The van der Waals surface area contributed by atoms with Crippen LogP contribution in [0.5, 0.6) is 0 Å². The van der Waals surface area contributed by atoms with E-state index in [0.29, 0.717) is 12.5 Å². The highest BCUT2D eigenvalue weighted by atomic mass is 16.5. The summed E-state index contributed by atoms with van der Waals surface area (Å²) in [5, 5.41) is 9.92. The summed E-state index contributed by atoms with van der Waals surface area (Å²) in [6.07, 6.45) is 4.42. The molecule has 0 radical (unpaired) electrons. The van der Waals surface area contributed by atoms with E-state index < -0.39 is 0 Å². The van der Waals surface area contributed by atoms with E-state index in [1.54, 1.807) is 6.33 Å². The molecule has 0 amide bonds. The van der Waals surface area contributed by atoms with Gasteiger partial charge in [-0.1, -0.05) is 43.7 Å². The number of ether oxygens (including phenoxy) is 1. The summed E-state index contributed by atoms with van der Waals surface area (Å²) in [5.74, 6) is 1.34. The van der Waals surface area contributed by atoms with Crippen LogP contribution in [0.4, 0.5) is 5.82 Å². The minimum atomic E-state index is -0.0489. The van der Waals surface area contributed by atoms with Crippen LogP contribution in [0.2, 0.25) is 0 Å². The molecular formula is C24H33N5O2. The second-order valence-electron chi connectivity index (χ2n) is 9.44. The van der Waals surface area contributed by atoms with Gasteiger partial charge in [-0.2, -0.15) is 0 Å². The van der Waals surface area contributed by atoms with Crippen molar-refractivity contribution in [2.24, 2.45) is 11.8 Å². The summed E-state index contributed by atoms with van der Waals surface area (Å²) >= 11 is 0. The van der Waals surface area contributed by atoms with Crippen molar-refractivity contribution in [3.8, 4) is 0 Å². The third-order valence-corrected chi connectivity index (χ3v) is 6.51. The van der Waals surface area contributed by atoms with Crippen LogP contribution in [-0.4, -0.2) is 58.0 Å². The van der Waals surface area contributed by atoms with Gasteiger partial charge in [0, 0.05) is 51.3 Å². The molecule has 0 saturated carbocycles. The number of aromatic nitrogens is 4. The molecule has 1 saturated heterocycles. The van der Waals surface area contributed by atoms with Crippen molar-refractivity contribution in [3.05, 3.63) is 48.0 Å². The first-order chi connectivity index (χ1) is 14.9. The lowest BCUT2D eigenvalue weighted by Gasteiger charge is -2.31. The molecule has 1 aromatic carbocycles. The number of anilines is 1. The Morgan fingerprint density at radius 3 is 2.68 bits per heavy atom. The average molecular weight is 424 g/mol. The normalized spacial score (nSPS) is 17.9. The molecule has 166 valence electrons. The zero-order chi connectivity index (χ0) is 22.0. The molecule has 4 rings (SSSR count). The van der Waals surface area contributed by atoms with Crippen LogP contribution in [-0.2, 0) is 16.7 Å². The maximum absolute atomic E-state index is 9.92. The number of imidazole rings is 1. The highest BCUT2D eigenvalue weighted by Crippen LogP contribution is 2.29. The Morgan fingerprint density at radius 2 is 2.00 bits per heavy atom. The highest BCUT2D eigenvalue weighted by Gasteiger charge is 2.27. The summed E-state index contributed by atoms with van der Waals surface area (Å²) in [6, 6.07) is 8.73. The maximum atomic E-state index is 9.92. The molecule has 1 N–H and O–H groups in total. The minimum absolute atomic E-state index is 0.0489. The molecule has 31 heavy (non-hydrogen) atoms. The number of benzene rings is 1. The molecule has 1 fully saturated rings. The average Bonchev–Trinajstić information content (AvgIpc) is 3.42. The van der Waals surface area contributed by atoms with Crippen LogP contribution >= 0.6 is 0 Å². The van der Waals surface area contributed by atoms with Crippen LogP contribution in [0.3, 0.4) is 0 Å². The predicted octanol–water partition coefficient (Wildman–Crippen LogP) is 3.19.